The van der Waals surface area contributed by atoms with Crippen LogP contribution in [0.1, 0.15) is 40.5 Å². The Morgan fingerprint density at radius 1 is 1.47 bits per heavy atom. The SMILES string of the molecule is CC(C)CC(C)OC(=O)C1NCCC1C. The highest BCUT2D eigenvalue weighted by Gasteiger charge is 2.31. The van der Waals surface area contributed by atoms with Gasteiger partial charge in [0.15, 0.2) is 0 Å². The highest BCUT2D eigenvalue weighted by molar-refractivity contribution is 5.76. The number of carbonyl (C=O) groups is 1. The summed E-state index contributed by atoms with van der Waals surface area (Å²) in [5.74, 6) is 0.902. The molecule has 0 aromatic heterocycles. The third-order valence-corrected chi connectivity index (χ3v) is 2.91. The fourth-order valence-electron chi connectivity index (χ4n) is 2.13. The van der Waals surface area contributed by atoms with Gasteiger partial charge in [-0.05, 0) is 38.1 Å². The molecule has 0 amide bonds. The lowest BCUT2D eigenvalue weighted by Gasteiger charge is -2.20. The third-order valence-electron chi connectivity index (χ3n) is 2.91. The maximum absolute atomic E-state index is 11.8. The van der Waals surface area contributed by atoms with E-state index in [1.165, 1.54) is 0 Å². The second-order valence-corrected chi connectivity index (χ2v) is 5.07. The maximum Gasteiger partial charge on any atom is 0.323 e. The first-order valence-corrected chi connectivity index (χ1v) is 5.94. The van der Waals surface area contributed by atoms with E-state index >= 15 is 0 Å². The standard InChI is InChI=1S/C12H23NO2/c1-8(2)7-10(4)15-12(14)11-9(3)5-6-13-11/h8-11,13H,5-7H2,1-4H3. The second-order valence-electron chi connectivity index (χ2n) is 5.07. The van der Waals surface area contributed by atoms with E-state index in [0.717, 1.165) is 19.4 Å². The van der Waals surface area contributed by atoms with E-state index in [1.807, 2.05) is 6.92 Å². The van der Waals surface area contributed by atoms with E-state index in [4.69, 9.17) is 4.74 Å². The molecule has 15 heavy (non-hydrogen) atoms. The first kappa shape index (κ1) is 12.5. The Kier molecular flexibility index (Phi) is 4.58. The summed E-state index contributed by atoms with van der Waals surface area (Å²) in [6.45, 7) is 9.28. The Morgan fingerprint density at radius 2 is 2.13 bits per heavy atom. The van der Waals surface area contributed by atoms with Crippen molar-refractivity contribution in [1.29, 1.82) is 0 Å². The van der Waals surface area contributed by atoms with Gasteiger partial charge >= 0.3 is 5.97 Å². The molecule has 3 unspecified atom stereocenters. The Balaban J connectivity index is 2.34. The van der Waals surface area contributed by atoms with E-state index in [-0.39, 0.29) is 18.1 Å². The predicted molar refractivity (Wildman–Crippen MR) is 60.6 cm³/mol. The van der Waals surface area contributed by atoms with Gasteiger partial charge in [0.25, 0.3) is 0 Å². The van der Waals surface area contributed by atoms with Crippen molar-refractivity contribution in [3.63, 3.8) is 0 Å². The van der Waals surface area contributed by atoms with Crippen LogP contribution in [0, 0.1) is 11.8 Å². The zero-order valence-electron chi connectivity index (χ0n) is 10.2. The molecule has 0 saturated carbocycles. The number of rotatable bonds is 4. The van der Waals surface area contributed by atoms with Crippen molar-refractivity contribution < 1.29 is 9.53 Å². The monoisotopic (exact) mass is 213 g/mol. The fourth-order valence-corrected chi connectivity index (χ4v) is 2.13. The van der Waals surface area contributed by atoms with Crippen LogP contribution in [0.4, 0.5) is 0 Å². The molecule has 1 saturated heterocycles. The van der Waals surface area contributed by atoms with Crippen LogP contribution in [0.25, 0.3) is 0 Å². The van der Waals surface area contributed by atoms with Crippen molar-refractivity contribution in [2.45, 2.75) is 52.7 Å². The molecule has 1 aliphatic heterocycles. The average molecular weight is 213 g/mol. The molecule has 0 spiro atoms. The summed E-state index contributed by atoms with van der Waals surface area (Å²) in [6.07, 6.45) is 2.04. The molecule has 0 aliphatic carbocycles. The summed E-state index contributed by atoms with van der Waals surface area (Å²) in [5.41, 5.74) is 0. The molecule has 1 rings (SSSR count). The highest BCUT2D eigenvalue weighted by atomic mass is 16.5. The van der Waals surface area contributed by atoms with E-state index in [2.05, 4.69) is 26.1 Å². The van der Waals surface area contributed by atoms with Crippen molar-refractivity contribution in [3.05, 3.63) is 0 Å². The van der Waals surface area contributed by atoms with Gasteiger partial charge in [-0.1, -0.05) is 20.8 Å². The summed E-state index contributed by atoms with van der Waals surface area (Å²) in [5, 5.41) is 3.19. The third kappa shape index (κ3) is 3.82. The Labute approximate surface area is 92.6 Å². The molecule has 88 valence electrons. The minimum atomic E-state index is -0.0837. The normalized spacial score (nSPS) is 28.1. The summed E-state index contributed by atoms with van der Waals surface area (Å²) in [6, 6.07) is -0.0837. The largest absolute Gasteiger partial charge is 0.461 e. The van der Waals surface area contributed by atoms with Gasteiger partial charge in [0.05, 0.1) is 6.10 Å². The molecule has 1 fully saturated rings. The van der Waals surface area contributed by atoms with Gasteiger partial charge in [-0.15, -0.1) is 0 Å². The van der Waals surface area contributed by atoms with Gasteiger partial charge in [0.2, 0.25) is 0 Å². The maximum atomic E-state index is 11.8. The highest BCUT2D eigenvalue weighted by Crippen LogP contribution is 2.17. The quantitative estimate of drug-likeness (QED) is 0.725. The summed E-state index contributed by atoms with van der Waals surface area (Å²) >= 11 is 0. The molecule has 0 bridgehead atoms. The summed E-state index contributed by atoms with van der Waals surface area (Å²) < 4.78 is 5.41. The van der Waals surface area contributed by atoms with Crippen LogP contribution >= 0.6 is 0 Å². The first-order chi connectivity index (χ1) is 7.00. The van der Waals surface area contributed by atoms with Gasteiger partial charge in [0.1, 0.15) is 6.04 Å². The number of ether oxygens (including phenoxy) is 1. The van der Waals surface area contributed by atoms with Crippen molar-refractivity contribution >= 4 is 5.97 Å². The minimum Gasteiger partial charge on any atom is -0.461 e. The van der Waals surface area contributed by atoms with E-state index < -0.39 is 0 Å². The lowest BCUT2D eigenvalue weighted by atomic mass is 10.0. The van der Waals surface area contributed by atoms with Crippen molar-refractivity contribution in [2.24, 2.45) is 11.8 Å². The Bertz CT molecular complexity index is 216. The molecule has 3 heteroatoms. The zero-order chi connectivity index (χ0) is 11.4. The van der Waals surface area contributed by atoms with E-state index in [0.29, 0.717) is 11.8 Å². The minimum absolute atomic E-state index is 0.0344. The zero-order valence-corrected chi connectivity index (χ0v) is 10.2. The smallest absolute Gasteiger partial charge is 0.323 e. The number of nitrogens with one attached hydrogen (secondary N) is 1. The van der Waals surface area contributed by atoms with Crippen LogP contribution < -0.4 is 5.32 Å². The lowest BCUT2D eigenvalue weighted by molar-refractivity contribution is -0.152. The molecule has 3 atom stereocenters. The average Bonchev–Trinajstić information content (AvgIpc) is 2.49. The lowest BCUT2D eigenvalue weighted by Crippen LogP contribution is -2.38. The Morgan fingerprint density at radius 3 is 2.60 bits per heavy atom. The molecule has 1 aliphatic rings. The molecule has 0 aromatic rings. The molecule has 0 aromatic carbocycles. The van der Waals surface area contributed by atoms with Crippen LogP contribution in [0.5, 0.6) is 0 Å². The van der Waals surface area contributed by atoms with Gasteiger partial charge in [0, 0.05) is 0 Å². The number of carbonyl (C=O) groups excluding carboxylic acids is 1. The van der Waals surface area contributed by atoms with Gasteiger partial charge in [-0.25, -0.2) is 0 Å². The molecule has 1 heterocycles. The van der Waals surface area contributed by atoms with E-state index in [1.54, 1.807) is 0 Å². The molecular formula is C12H23NO2. The van der Waals surface area contributed by atoms with Crippen molar-refractivity contribution in [1.82, 2.24) is 5.32 Å². The first-order valence-electron chi connectivity index (χ1n) is 5.94. The van der Waals surface area contributed by atoms with Gasteiger partial charge in [-0.3, -0.25) is 4.79 Å². The van der Waals surface area contributed by atoms with Crippen LogP contribution in [0.3, 0.4) is 0 Å². The van der Waals surface area contributed by atoms with Gasteiger partial charge < -0.3 is 10.1 Å². The van der Waals surface area contributed by atoms with Crippen LogP contribution in [-0.4, -0.2) is 24.7 Å². The Hall–Kier alpha value is -0.570. The second kappa shape index (κ2) is 5.50. The topological polar surface area (TPSA) is 38.3 Å². The van der Waals surface area contributed by atoms with Crippen LogP contribution in [0.2, 0.25) is 0 Å². The molecule has 1 N–H and O–H groups in total. The van der Waals surface area contributed by atoms with Crippen molar-refractivity contribution in [2.75, 3.05) is 6.54 Å². The van der Waals surface area contributed by atoms with Gasteiger partial charge in [-0.2, -0.15) is 0 Å². The number of hydrogen-bond donors (Lipinski definition) is 1. The molecule has 3 nitrogen and oxygen atoms in total. The molecular weight excluding hydrogens is 190 g/mol. The van der Waals surface area contributed by atoms with Crippen LogP contribution in [0.15, 0.2) is 0 Å². The number of hydrogen-bond acceptors (Lipinski definition) is 3. The van der Waals surface area contributed by atoms with E-state index in [9.17, 15) is 4.79 Å². The molecule has 0 radical (unpaired) electrons. The summed E-state index contributed by atoms with van der Waals surface area (Å²) in [7, 11) is 0. The predicted octanol–water partition coefficient (Wildman–Crippen LogP) is 1.96. The fraction of sp³-hybridized carbons (Fsp3) is 0.917. The number of esters is 1. The summed E-state index contributed by atoms with van der Waals surface area (Å²) in [4.78, 5) is 11.8. The van der Waals surface area contributed by atoms with Crippen LogP contribution in [-0.2, 0) is 9.53 Å². The van der Waals surface area contributed by atoms with Crippen molar-refractivity contribution in [3.8, 4) is 0 Å².